The van der Waals surface area contributed by atoms with Gasteiger partial charge in [0.15, 0.2) is 11.6 Å². The molecular formula is C15H14F2N2OS. The van der Waals surface area contributed by atoms with Crippen molar-refractivity contribution in [2.75, 3.05) is 18.4 Å². The third-order valence-electron chi connectivity index (χ3n) is 3.46. The van der Waals surface area contributed by atoms with Crippen LogP contribution in [0.2, 0.25) is 0 Å². The Morgan fingerprint density at radius 1 is 1.29 bits per heavy atom. The number of nitrogens with one attached hydrogen (secondary N) is 1. The van der Waals surface area contributed by atoms with Crippen LogP contribution >= 0.6 is 11.3 Å². The maximum atomic E-state index is 13.1. The van der Waals surface area contributed by atoms with E-state index in [9.17, 15) is 13.6 Å². The van der Waals surface area contributed by atoms with Crippen LogP contribution in [0.15, 0.2) is 29.6 Å². The topological polar surface area (TPSA) is 32.3 Å². The fraction of sp³-hybridized carbons (Fsp3) is 0.267. The largest absolute Gasteiger partial charge is 0.325 e. The van der Waals surface area contributed by atoms with E-state index in [-0.39, 0.29) is 18.1 Å². The van der Waals surface area contributed by atoms with Crippen molar-refractivity contribution in [1.29, 1.82) is 0 Å². The number of benzene rings is 1. The van der Waals surface area contributed by atoms with E-state index in [1.807, 2.05) is 4.90 Å². The summed E-state index contributed by atoms with van der Waals surface area (Å²) in [6.45, 7) is 1.83. The molecule has 1 aromatic carbocycles. The first kappa shape index (κ1) is 14.2. The van der Waals surface area contributed by atoms with Crippen LogP contribution in [0, 0.1) is 11.6 Å². The lowest BCUT2D eigenvalue weighted by Gasteiger charge is -2.26. The highest BCUT2D eigenvalue weighted by atomic mass is 32.1. The number of anilines is 1. The Kier molecular flexibility index (Phi) is 3.98. The fourth-order valence-electron chi connectivity index (χ4n) is 2.42. The Morgan fingerprint density at radius 3 is 2.95 bits per heavy atom. The molecule has 0 fully saturated rings. The van der Waals surface area contributed by atoms with Gasteiger partial charge in [0.05, 0.1) is 6.54 Å². The fourth-order valence-corrected chi connectivity index (χ4v) is 3.31. The van der Waals surface area contributed by atoms with Crippen molar-refractivity contribution >= 4 is 22.9 Å². The molecule has 2 aromatic rings. The van der Waals surface area contributed by atoms with E-state index in [0.29, 0.717) is 0 Å². The Morgan fingerprint density at radius 2 is 2.14 bits per heavy atom. The number of thiophene rings is 1. The molecule has 1 aliphatic rings. The summed E-state index contributed by atoms with van der Waals surface area (Å²) in [6, 6.07) is 5.42. The molecule has 0 saturated carbocycles. The Bertz CT molecular complexity index is 671. The molecule has 0 bridgehead atoms. The number of carbonyl (C=O) groups is 1. The predicted octanol–water partition coefficient (Wildman–Crippen LogP) is 3.02. The van der Waals surface area contributed by atoms with Crippen molar-refractivity contribution in [3.63, 3.8) is 0 Å². The van der Waals surface area contributed by atoms with Crippen LogP contribution < -0.4 is 5.32 Å². The summed E-state index contributed by atoms with van der Waals surface area (Å²) >= 11 is 1.75. The monoisotopic (exact) mass is 308 g/mol. The molecule has 0 unspecified atom stereocenters. The number of hydrogen-bond donors (Lipinski definition) is 1. The molecule has 1 aromatic heterocycles. The molecule has 1 N–H and O–H groups in total. The molecule has 0 saturated heterocycles. The molecule has 1 amide bonds. The Hall–Kier alpha value is -1.79. The van der Waals surface area contributed by atoms with Gasteiger partial charge in [0.2, 0.25) is 5.91 Å². The average Bonchev–Trinajstić information content (AvgIpc) is 2.90. The van der Waals surface area contributed by atoms with Crippen LogP contribution in [0.5, 0.6) is 0 Å². The second kappa shape index (κ2) is 5.91. The van der Waals surface area contributed by atoms with Gasteiger partial charge in [0.25, 0.3) is 0 Å². The van der Waals surface area contributed by atoms with E-state index < -0.39 is 11.6 Å². The van der Waals surface area contributed by atoms with Crippen LogP contribution in [0.1, 0.15) is 10.4 Å². The van der Waals surface area contributed by atoms with Crippen molar-refractivity contribution in [2.24, 2.45) is 0 Å². The minimum Gasteiger partial charge on any atom is -0.325 e. The second-order valence-electron chi connectivity index (χ2n) is 5.01. The second-order valence-corrected chi connectivity index (χ2v) is 6.01. The first-order valence-electron chi connectivity index (χ1n) is 6.64. The van der Waals surface area contributed by atoms with E-state index in [1.165, 1.54) is 16.5 Å². The minimum atomic E-state index is -0.964. The van der Waals surface area contributed by atoms with Crippen LogP contribution in [0.4, 0.5) is 14.5 Å². The van der Waals surface area contributed by atoms with Gasteiger partial charge in [-0.3, -0.25) is 9.69 Å². The smallest absolute Gasteiger partial charge is 0.238 e. The lowest BCUT2D eigenvalue weighted by atomic mass is 10.1. The van der Waals surface area contributed by atoms with Gasteiger partial charge < -0.3 is 5.32 Å². The molecule has 21 heavy (non-hydrogen) atoms. The summed E-state index contributed by atoms with van der Waals surface area (Å²) in [4.78, 5) is 15.4. The third kappa shape index (κ3) is 3.28. The number of halogens is 2. The number of rotatable bonds is 3. The van der Waals surface area contributed by atoms with Crippen molar-refractivity contribution in [3.05, 3.63) is 51.7 Å². The number of fused-ring (bicyclic) bond motifs is 1. The lowest BCUT2D eigenvalue weighted by Crippen LogP contribution is -2.36. The van der Waals surface area contributed by atoms with Crippen molar-refractivity contribution in [2.45, 2.75) is 13.0 Å². The summed E-state index contributed by atoms with van der Waals surface area (Å²) in [6.07, 6.45) is 0.950. The van der Waals surface area contributed by atoms with Gasteiger partial charge in [-0.25, -0.2) is 8.78 Å². The van der Waals surface area contributed by atoms with E-state index in [4.69, 9.17) is 0 Å². The summed E-state index contributed by atoms with van der Waals surface area (Å²) in [5.74, 6) is -2.11. The summed E-state index contributed by atoms with van der Waals surface area (Å²) in [5.41, 5.74) is 1.54. The highest BCUT2D eigenvalue weighted by molar-refractivity contribution is 7.10. The SMILES string of the molecule is O=C(CN1CCc2sccc2C1)Nc1ccc(F)c(F)c1. The normalized spacial score (nSPS) is 14.8. The Balaban J connectivity index is 1.58. The third-order valence-corrected chi connectivity index (χ3v) is 4.48. The molecular weight excluding hydrogens is 294 g/mol. The molecule has 3 rings (SSSR count). The zero-order valence-electron chi connectivity index (χ0n) is 11.2. The van der Waals surface area contributed by atoms with Gasteiger partial charge in [-0.2, -0.15) is 0 Å². The van der Waals surface area contributed by atoms with Gasteiger partial charge >= 0.3 is 0 Å². The molecule has 6 heteroatoms. The maximum absolute atomic E-state index is 13.1. The molecule has 110 valence electrons. The number of carbonyl (C=O) groups excluding carboxylic acids is 1. The highest BCUT2D eigenvalue weighted by Crippen LogP contribution is 2.23. The molecule has 1 aliphatic heterocycles. The summed E-state index contributed by atoms with van der Waals surface area (Å²) in [5, 5.41) is 4.66. The highest BCUT2D eigenvalue weighted by Gasteiger charge is 2.19. The number of amides is 1. The molecule has 0 spiro atoms. The zero-order valence-corrected chi connectivity index (χ0v) is 12.1. The molecule has 0 atom stereocenters. The Labute approximate surface area is 125 Å². The molecule has 0 radical (unpaired) electrons. The van der Waals surface area contributed by atoms with Crippen LogP contribution in [0.25, 0.3) is 0 Å². The quantitative estimate of drug-likeness (QED) is 0.945. The minimum absolute atomic E-state index is 0.223. The molecule has 3 nitrogen and oxygen atoms in total. The van der Waals surface area contributed by atoms with E-state index in [2.05, 4.69) is 16.8 Å². The number of hydrogen-bond acceptors (Lipinski definition) is 3. The zero-order chi connectivity index (χ0) is 14.8. The van der Waals surface area contributed by atoms with Gasteiger partial charge in [0.1, 0.15) is 0 Å². The van der Waals surface area contributed by atoms with E-state index >= 15 is 0 Å². The maximum Gasteiger partial charge on any atom is 0.238 e. The summed E-state index contributed by atoms with van der Waals surface area (Å²) in [7, 11) is 0. The standard InChI is InChI=1S/C15H14F2N2OS/c16-12-2-1-11(7-13(12)17)18-15(20)9-19-5-3-14-10(8-19)4-6-21-14/h1-2,4,6-7H,3,5,8-9H2,(H,18,20). The van der Waals surface area contributed by atoms with Gasteiger partial charge in [0, 0.05) is 29.7 Å². The lowest BCUT2D eigenvalue weighted by molar-refractivity contribution is -0.117. The van der Waals surface area contributed by atoms with Crippen LogP contribution in [-0.4, -0.2) is 23.9 Å². The first-order valence-corrected chi connectivity index (χ1v) is 7.52. The van der Waals surface area contributed by atoms with Gasteiger partial charge in [-0.05, 0) is 35.6 Å². The number of nitrogens with zero attached hydrogens (tertiary/aromatic N) is 1. The van der Waals surface area contributed by atoms with E-state index in [1.54, 1.807) is 11.3 Å². The van der Waals surface area contributed by atoms with Crippen molar-refractivity contribution in [1.82, 2.24) is 4.90 Å². The van der Waals surface area contributed by atoms with Crippen molar-refractivity contribution in [3.8, 4) is 0 Å². The summed E-state index contributed by atoms with van der Waals surface area (Å²) < 4.78 is 25.9. The average molecular weight is 308 g/mol. The van der Waals surface area contributed by atoms with Gasteiger partial charge in [-0.15, -0.1) is 11.3 Å². The van der Waals surface area contributed by atoms with E-state index in [0.717, 1.165) is 31.6 Å². The van der Waals surface area contributed by atoms with Gasteiger partial charge in [-0.1, -0.05) is 0 Å². The van der Waals surface area contributed by atoms with Crippen LogP contribution in [-0.2, 0) is 17.8 Å². The van der Waals surface area contributed by atoms with Crippen LogP contribution in [0.3, 0.4) is 0 Å². The van der Waals surface area contributed by atoms with Crippen molar-refractivity contribution < 1.29 is 13.6 Å². The molecule has 2 heterocycles. The predicted molar refractivity (Wildman–Crippen MR) is 78.3 cm³/mol. The first-order chi connectivity index (χ1) is 10.1. The molecule has 0 aliphatic carbocycles.